The number of hydrogen-bond acceptors (Lipinski definition) is 20. The Hall–Kier alpha value is -13.7. The zero-order valence-electron chi connectivity index (χ0n) is 65.7. The van der Waals surface area contributed by atoms with Crippen LogP contribution in [0, 0.1) is 82.1 Å². The molecule has 3 saturated carbocycles. The van der Waals surface area contributed by atoms with Crippen LogP contribution in [0.4, 0.5) is 11.9 Å². The summed E-state index contributed by atoms with van der Waals surface area (Å²) in [6, 6.07) is 44.3. The second-order valence-electron chi connectivity index (χ2n) is 30.3. The van der Waals surface area contributed by atoms with Gasteiger partial charge in [0.05, 0.1) is 89.1 Å². The van der Waals surface area contributed by atoms with Crippen molar-refractivity contribution in [3.05, 3.63) is 231 Å². The number of rotatable bonds is 16. The van der Waals surface area contributed by atoms with E-state index in [0.29, 0.717) is 35.6 Å². The lowest BCUT2D eigenvalue weighted by Crippen LogP contribution is -2.18. The molecule has 0 radical (unpaired) electrons. The van der Waals surface area contributed by atoms with E-state index in [1.54, 1.807) is 18.5 Å². The van der Waals surface area contributed by atoms with E-state index in [1.165, 1.54) is 25.7 Å². The number of hydrogen-bond donors (Lipinski definition) is 7. The number of nitrogens with zero attached hydrogens (tertiary/aromatic N) is 11. The summed E-state index contributed by atoms with van der Waals surface area (Å²) in [7, 11) is -3.46. The van der Waals surface area contributed by atoms with Gasteiger partial charge in [-0.05, 0) is 227 Å². The largest absolute Gasteiger partial charge is 0.361 e. The molecular weight excluding hydrogens is 1480 g/mol. The number of anilines is 2. The second kappa shape index (κ2) is 29.7. The van der Waals surface area contributed by atoms with E-state index in [9.17, 15) is 13.2 Å². The van der Waals surface area contributed by atoms with Gasteiger partial charge in [-0.25, -0.2) is 28.4 Å². The first kappa shape index (κ1) is 73.8. The molecule has 0 bridgehead atoms. The van der Waals surface area contributed by atoms with Crippen molar-refractivity contribution in [2.45, 2.75) is 126 Å². The van der Waals surface area contributed by atoms with Crippen molar-refractivity contribution in [2.24, 2.45) is 5.92 Å². The van der Waals surface area contributed by atoms with E-state index >= 15 is 0 Å². The normalized spacial score (nSPS) is 13.5. The van der Waals surface area contributed by atoms with Gasteiger partial charge in [-0.1, -0.05) is 80.4 Å². The molecule has 0 saturated heterocycles. The number of aromatic amines is 5. The molecule has 6 aromatic carbocycles. The van der Waals surface area contributed by atoms with Gasteiger partial charge in [-0.15, -0.1) is 0 Å². The summed E-state index contributed by atoms with van der Waals surface area (Å²) in [5, 5.41) is 24.8. The molecule has 12 heterocycles. The number of nitrogens with one attached hydrogen (secondary N) is 7. The van der Waals surface area contributed by atoms with Crippen LogP contribution in [0.2, 0.25) is 0 Å². The van der Waals surface area contributed by atoms with Crippen LogP contribution in [0.15, 0.2) is 179 Å². The van der Waals surface area contributed by atoms with Crippen molar-refractivity contribution in [1.82, 2.24) is 80.6 Å². The van der Waals surface area contributed by atoms with Crippen molar-refractivity contribution < 1.29 is 31.0 Å². The summed E-state index contributed by atoms with van der Waals surface area (Å²) in [5.41, 5.74) is 29.5. The van der Waals surface area contributed by atoms with Crippen LogP contribution in [0.3, 0.4) is 0 Å². The lowest BCUT2D eigenvalue weighted by Gasteiger charge is -2.11. The molecule has 0 unspecified atom stereocenters. The highest BCUT2D eigenvalue weighted by atomic mass is 32.2. The summed E-state index contributed by atoms with van der Waals surface area (Å²) in [6.07, 6.45) is 11.6. The van der Waals surface area contributed by atoms with Crippen LogP contribution in [0.25, 0.3) is 155 Å². The molecule has 18 aromatic rings. The maximum absolute atomic E-state index is 12.6. The molecule has 3 aliphatic carbocycles. The highest BCUT2D eigenvalue weighted by Gasteiger charge is 2.37. The van der Waals surface area contributed by atoms with E-state index in [-0.39, 0.29) is 16.8 Å². The van der Waals surface area contributed by atoms with Crippen molar-refractivity contribution in [3.8, 4) is 100 Å². The number of imidazole rings is 4. The molecule has 116 heavy (non-hydrogen) atoms. The summed E-state index contributed by atoms with van der Waals surface area (Å²) in [4.78, 5) is 56.3. The monoisotopic (exact) mass is 1560 g/mol. The molecule has 0 spiro atoms. The fraction of sp³-hybridized carbons (Fsp3) is 0.236. The Labute approximate surface area is 664 Å². The molecule has 27 heteroatoms. The molecule has 26 nitrogen and oxygen atoms in total. The summed E-state index contributed by atoms with van der Waals surface area (Å²) >= 11 is 0. The van der Waals surface area contributed by atoms with Gasteiger partial charge in [-0.2, -0.15) is 0 Å². The van der Waals surface area contributed by atoms with Gasteiger partial charge in [0.2, 0.25) is 27.5 Å². The van der Waals surface area contributed by atoms with E-state index < -0.39 is 10.0 Å². The topological polar surface area (TPSA) is 362 Å². The van der Waals surface area contributed by atoms with E-state index in [4.69, 9.17) is 37.6 Å². The minimum absolute atomic E-state index is 0.128. The molecule has 0 atom stereocenters. The number of sulfonamides is 1. The average molecular weight is 1560 g/mol. The van der Waals surface area contributed by atoms with Crippen LogP contribution in [0.1, 0.15) is 113 Å². The third-order valence-corrected chi connectivity index (χ3v) is 23.5. The smallest absolute Gasteiger partial charge is 0.248 e. The molecule has 21 rings (SSSR count). The Kier molecular flexibility index (Phi) is 18.9. The summed E-state index contributed by atoms with van der Waals surface area (Å²) in [6.45, 7) is 22.3. The molecule has 582 valence electrons. The molecular formula is C89H82N18O8S. The first-order valence-electron chi connectivity index (χ1n) is 38.7. The zero-order chi connectivity index (χ0) is 79.9. The minimum Gasteiger partial charge on any atom is -0.361 e. The van der Waals surface area contributed by atoms with Crippen molar-refractivity contribution in [2.75, 3.05) is 16.6 Å². The number of H-pyrrole nitrogens is 5. The predicted octanol–water partition coefficient (Wildman–Crippen LogP) is 19.8. The van der Waals surface area contributed by atoms with Crippen LogP contribution >= 0.6 is 0 Å². The Balaban J connectivity index is 0.000000108. The number of fused-ring (bicyclic) bond motifs is 5. The molecule has 7 N–H and O–H groups in total. The fourth-order valence-corrected chi connectivity index (χ4v) is 17.0. The number of aryl methyl sites for hydroxylation is 11. The Morgan fingerprint density at radius 2 is 0.905 bits per heavy atom. The SMILES string of the molecule is Cc1nc2c(-c3cccc4ncccc34)cc(-c3c(C)noc3C)cc2[nH]1.Cc1noc(C)c1-c1cc(-c2c(C)noc2C)c2nc(NCC3CC3)[nH]c2c1.Cc1noc(C)c1-c1cc(-c2cc[nH]c(=O)c2)c2nc(C3CC3)[nH]c2c1.Cc1noc(C)c1-c1cc(-c2cccnc2-c2ccccc2)c2nc(NS(=O)(=O)C3CC3)[nH]c2c1. The Bertz CT molecular complexity index is 6910. The highest BCUT2D eigenvalue weighted by molar-refractivity contribution is 7.93. The molecule has 3 fully saturated rings. The lowest BCUT2D eigenvalue weighted by atomic mass is 9.94. The van der Waals surface area contributed by atoms with Crippen LogP contribution in [-0.2, 0) is 10.0 Å². The van der Waals surface area contributed by atoms with Gasteiger partial charge in [-0.3, -0.25) is 19.5 Å². The average Bonchev–Trinajstić information content (AvgIpc) is 1.61. The van der Waals surface area contributed by atoms with Gasteiger partial charge in [0, 0.05) is 104 Å². The maximum Gasteiger partial charge on any atom is 0.248 e. The molecule has 0 aliphatic heterocycles. The predicted molar refractivity (Wildman–Crippen MR) is 448 cm³/mol. The van der Waals surface area contributed by atoms with E-state index in [2.05, 4.69) is 124 Å². The van der Waals surface area contributed by atoms with Crippen LogP contribution in [-0.4, -0.2) is 101 Å². The molecule has 3 aliphatic rings. The minimum atomic E-state index is -3.46. The van der Waals surface area contributed by atoms with Gasteiger partial charge in [0.1, 0.15) is 40.5 Å². The van der Waals surface area contributed by atoms with Gasteiger partial charge in [0.15, 0.2) is 0 Å². The van der Waals surface area contributed by atoms with Gasteiger partial charge in [0.25, 0.3) is 0 Å². The maximum atomic E-state index is 12.6. The first-order valence-corrected chi connectivity index (χ1v) is 40.2. The van der Waals surface area contributed by atoms with Gasteiger partial charge >= 0.3 is 0 Å². The Morgan fingerprint density at radius 3 is 1.47 bits per heavy atom. The van der Waals surface area contributed by atoms with E-state index in [1.807, 2.05) is 161 Å². The van der Waals surface area contributed by atoms with Crippen LogP contribution in [0.5, 0.6) is 0 Å². The second-order valence-corrected chi connectivity index (χ2v) is 32.3. The third kappa shape index (κ3) is 14.4. The summed E-state index contributed by atoms with van der Waals surface area (Å²) < 4.78 is 54.8. The number of benzene rings is 6. The van der Waals surface area contributed by atoms with Crippen molar-refractivity contribution >= 4 is 77.0 Å². The third-order valence-electron chi connectivity index (χ3n) is 21.7. The highest BCUT2D eigenvalue weighted by Crippen LogP contribution is 2.46. The first-order chi connectivity index (χ1) is 56.1. The molecule has 0 amide bonds. The quantitative estimate of drug-likeness (QED) is 0.0472. The number of pyridine rings is 3. The fourth-order valence-electron chi connectivity index (χ4n) is 15.7. The van der Waals surface area contributed by atoms with Crippen molar-refractivity contribution in [3.63, 3.8) is 0 Å². The summed E-state index contributed by atoms with van der Waals surface area (Å²) in [5.74, 6) is 8.09. The van der Waals surface area contributed by atoms with Crippen LogP contribution < -0.4 is 15.6 Å². The van der Waals surface area contributed by atoms with E-state index in [0.717, 1.165) is 226 Å². The lowest BCUT2D eigenvalue weighted by molar-refractivity contribution is 0.393. The van der Waals surface area contributed by atoms with Crippen molar-refractivity contribution in [1.29, 1.82) is 0 Å². The standard InChI is InChI=1S/C26H23N5O3S.C22H18N4O.C21H23N5O2.C20H18N4O2/c1-15-23(16(2)34-30-15)18-13-21(20-9-6-12-27-24(20)17-7-4-3-5-8-17)25-22(14-18)28-26(29-25)31-35(32,33)19-10-11-19;1-12-21(13(2)27-26-12)15-10-18(22-20(11-15)24-14(3)25-22)16-6-4-8-19-17(16)7-5-9-23-19;1-10-18(12(3)27-25-10)15-7-16(19-11(2)26-28-13(19)4)20-17(8-15)23-21(24-20)22-9-14-5-6-14;1-10-18(11(2)26-24-10)14-7-15(13-5-6-21-17(25)9-13)19-16(8-14)22-20(23-19)12-3-4-12/h3-9,12-14,19H,10-11H2,1-2H3,(H2,28,29,31);4-11H,1-3H3,(H,24,25);7-8,14H,5-6,9H2,1-4H3,(H2,22,23,24);5-9,12H,3-4H2,1-2H3,(H,21,25)(H,22,23). The zero-order valence-corrected chi connectivity index (χ0v) is 66.5. The van der Waals surface area contributed by atoms with Gasteiger partial charge < -0.3 is 52.9 Å². The number of aromatic nitrogens is 16. The molecule has 12 aromatic heterocycles. The Morgan fingerprint density at radius 1 is 0.414 bits per heavy atom.